The number of nitrogens with zero attached hydrogens (tertiary/aromatic N) is 16. The second-order valence-corrected chi connectivity index (χ2v) is 32.1. The Hall–Kier alpha value is -8.49. The van der Waals surface area contributed by atoms with E-state index in [0.717, 1.165) is 5.06 Å². The molecule has 9 amide bonds. The molecular weight excluding hydrogens is 1470 g/mol. The molecule has 3 aromatic rings. The first-order valence-electron chi connectivity index (χ1n) is 37.0. The third kappa shape index (κ3) is 29.0. The number of piperidine rings is 3. The van der Waals surface area contributed by atoms with Gasteiger partial charge in [-0.2, -0.15) is 22.8 Å². The van der Waals surface area contributed by atoms with E-state index in [4.69, 9.17) is 37.7 Å². The van der Waals surface area contributed by atoms with Gasteiger partial charge in [0, 0.05) is 52.0 Å². The monoisotopic (exact) mass is 1580 g/mol. The van der Waals surface area contributed by atoms with E-state index in [1.807, 2.05) is 0 Å². The number of amides is 9. The lowest BCUT2D eigenvalue weighted by Gasteiger charge is -2.39. The third-order valence-corrected chi connectivity index (χ3v) is 18.2. The van der Waals surface area contributed by atoms with Crippen molar-refractivity contribution in [2.24, 2.45) is 20.7 Å². The summed E-state index contributed by atoms with van der Waals surface area (Å²) in [7, 11) is -9.88. The van der Waals surface area contributed by atoms with Crippen LogP contribution in [0.2, 0.25) is 0 Å². The number of quaternary nitrogens is 1. The molecule has 43 heteroatoms. The van der Waals surface area contributed by atoms with Crippen LogP contribution < -0.4 is 21.7 Å². The predicted octanol–water partition coefficient (Wildman–Crippen LogP) is 7.90. The molecule has 0 radical (unpaired) electrons. The van der Waals surface area contributed by atoms with E-state index >= 15 is 0 Å². The number of nitrogens with two attached hydrogens (primary N) is 1. The Balaban J connectivity index is 0.000000232. The number of rotatable bonds is 28. The molecule has 614 valence electrons. The van der Waals surface area contributed by atoms with Crippen molar-refractivity contribution >= 4 is 74.8 Å². The van der Waals surface area contributed by atoms with Gasteiger partial charge in [-0.3, -0.25) is 40.7 Å². The summed E-state index contributed by atoms with van der Waals surface area (Å²) in [5, 5.41) is 43.1. The summed E-state index contributed by atoms with van der Waals surface area (Å²) in [6.07, 6.45) is 13.1. The summed E-state index contributed by atoms with van der Waals surface area (Å²) in [6, 6.07) is -4.55. The second-order valence-electron chi connectivity index (χ2n) is 30.1. The minimum atomic E-state index is -5.06. The average molecular weight is 1590 g/mol. The molecule has 6 saturated heterocycles. The highest BCUT2D eigenvalue weighted by atomic mass is 32.3. The van der Waals surface area contributed by atoms with Crippen LogP contribution in [0.25, 0.3) is 0 Å². The molecule has 7 N–H and O–H groups in total. The quantitative estimate of drug-likeness (QED) is 0.00764. The normalized spacial score (nSPS) is 20.5. The van der Waals surface area contributed by atoms with Gasteiger partial charge >= 0.3 is 46.8 Å². The smallest absolute Gasteiger partial charge is 0.418 e. The molecule has 0 aliphatic carbocycles. The molecule has 6 fully saturated rings. The summed E-state index contributed by atoms with van der Waals surface area (Å²) < 4.78 is 106. The second kappa shape index (κ2) is 39.9. The van der Waals surface area contributed by atoms with Crippen molar-refractivity contribution < 1.29 is 100 Å². The van der Waals surface area contributed by atoms with Gasteiger partial charge in [-0.25, -0.2) is 42.2 Å². The van der Waals surface area contributed by atoms with E-state index in [1.54, 1.807) is 81.1 Å². The van der Waals surface area contributed by atoms with Gasteiger partial charge in [0.15, 0.2) is 5.96 Å². The van der Waals surface area contributed by atoms with E-state index in [2.05, 4.69) is 97.8 Å². The lowest BCUT2D eigenvalue weighted by Crippen LogP contribution is -2.50. The zero-order valence-electron chi connectivity index (χ0n) is 65.3. The summed E-state index contributed by atoms with van der Waals surface area (Å²) in [6.45, 7) is 35.7. The number of unbranched alkanes of at least 4 members (excludes halogenated alkanes) is 4. The van der Waals surface area contributed by atoms with Gasteiger partial charge in [-0.15, -0.1) is 34.9 Å². The van der Waals surface area contributed by atoms with Crippen molar-refractivity contribution in [1.82, 2.24) is 76.4 Å². The Morgan fingerprint density at radius 1 is 0.523 bits per heavy atom. The Morgan fingerprint density at radius 3 is 1.18 bits per heavy atom. The fourth-order valence-electron chi connectivity index (χ4n) is 12.6. The molecular formula is C66H112N20O21S2. The lowest BCUT2D eigenvalue weighted by atomic mass is 10.0. The SMILES string of the molecule is CC(=NCCc1nnc([C@@H]2CC[C@@H]3CN2C(=O)N3O)o1)NC(=O)OC(C)(C)C.CC(=NCCc1nnc([C@@H]2CC[C@@H]3CN2C(=O)N3OS(=O)(=O)[O-])o1)NC(=O)OC(C)(C)C.CC(C)(C)OC(=O)NC(N)=NCCc1nnc([C@@H]2CC[C@@H]3CN2C(=O)N3OS(=O)(=O)O)o1.CCCC[N+](CCCC)(CCCC)CCCC. The largest absolute Gasteiger partial charge is 0.724 e. The number of nitrogens with one attached hydrogen (secondary N) is 3. The summed E-state index contributed by atoms with van der Waals surface area (Å²) in [5.41, 5.74) is 3.78. The summed E-state index contributed by atoms with van der Waals surface area (Å²) >= 11 is 0. The molecule has 6 aliphatic rings. The maximum atomic E-state index is 12.5. The molecule has 6 bridgehead atoms. The maximum absolute atomic E-state index is 12.5. The van der Waals surface area contributed by atoms with E-state index in [1.165, 1.54) is 91.8 Å². The van der Waals surface area contributed by atoms with Crippen LogP contribution in [0.15, 0.2) is 28.2 Å². The van der Waals surface area contributed by atoms with Crippen LogP contribution in [0, 0.1) is 0 Å². The number of hydrogen-bond donors (Lipinski definition) is 6. The van der Waals surface area contributed by atoms with Crippen LogP contribution in [-0.2, 0) is 62.8 Å². The lowest BCUT2D eigenvalue weighted by molar-refractivity contribution is -0.929. The maximum Gasteiger partial charge on any atom is 0.418 e. The van der Waals surface area contributed by atoms with Gasteiger partial charge in [-0.05, 0) is 140 Å². The number of guanidine groups is 1. The number of alkyl carbamates (subject to hydrolysis) is 3. The number of hydroxylamine groups is 6. The first kappa shape index (κ1) is 89.4. The predicted molar refractivity (Wildman–Crippen MR) is 388 cm³/mol. The molecule has 0 saturated carbocycles. The highest BCUT2D eigenvalue weighted by Crippen LogP contribution is 2.41. The van der Waals surface area contributed by atoms with E-state index < -0.39 is 98.1 Å². The van der Waals surface area contributed by atoms with Gasteiger partial charge in [0.2, 0.25) is 45.7 Å². The number of aliphatic imine (C=N–C) groups is 3. The number of urea groups is 3. The molecule has 0 aromatic carbocycles. The molecule has 41 nitrogen and oxygen atoms in total. The summed E-state index contributed by atoms with van der Waals surface area (Å²) in [4.78, 5) is 88.7. The van der Waals surface area contributed by atoms with Crippen LogP contribution >= 0.6 is 0 Å². The first-order chi connectivity index (χ1) is 51.0. The molecule has 109 heavy (non-hydrogen) atoms. The van der Waals surface area contributed by atoms with Crippen molar-refractivity contribution in [2.75, 3.05) is 65.4 Å². The first-order valence-corrected chi connectivity index (χ1v) is 39.7. The number of ether oxygens (including phenoxy) is 3. The van der Waals surface area contributed by atoms with Gasteiger partial charge in [0.05, 0.1) is 50.8 Å². The van der Waals surface area contributed by atoms with Crippen LogP contribution in [0.5, 0.6) is 0 Å². The fourth-order valence-corrected chi connectivity index (χ4v) is 13.3. The van der Waals surface area contributed by atoms with Gasteiger partial charge in [0.25, 0.3) is 0 Å². The zero-order valence-corrected chi connectivity index (χ0v) is 66.9. The Bertz CT molecular complexity index is 3630. The van der Waals surface area contributed by atoms with Crippen LogP contribution in [-0.4, -0.2) is 250 Å². The standard InChI is InChI=1S/C17H26N6O8S.C17H26N6O5.C16H25N7O8S.C16H36N/c1-10(19-15(24)30-17(2,3)4)18-8-7-13-20-21-14(29-13)12-6-5-11-9-22(12)16(25)23(11)31-32(26,27)28;1-10(19-15(24)28-17(2,3)4)18-8-7-13-20-21-14(27-13)12-6-5-11-9-22(12)16(25)23(11)26;1-16(2,3)30-14(24)19-13(17)18-7-6-11-20-21-12(29-11)10-5-4-9-8-22(10)15(25)23(9)31-32(26,27)28;1-5-9-13-17(14-10-6-2,15-11-7-3)16-12-8-4/h11-12H,5-9H2,1-4H3,(H,18,19,24)(H,26,27,28);11-12,26H,5-9H2,1-4H3,(H,18,19,24);9-10H,4-8H2,1-3H3,(H,26,27,28)(H3,17,18,19,24);5-16H2,1-4H3/q;;;+1/p-1/t2*11-,12+;9-,10+;/m111./s1. The third-order valence-electron chi connectivity index (χ3n) is 17.5. The molecule has 3 aromatic heterocycles. The van der Waals surface area contributed by atoms with Crippen molar-refractivity contribution in [3.05, 3.63) is 35.3 Å². The minimum absolute atomic E-state index is 0.126. The van der Waals surface area contributed by atoms with E-state index in [9.17, 15) is 55.4 Å². The van der Waals surface area contributed by atoms with Crippen molar-refractivity contribution in [2.45, 2.75) is 266 Å². The van der Waals surface area contributed by atoms with Crippen LogP contribution in [0.1, 0.15) is 247 Å². The molecule has 6 atom stereocenters. The Morgan fingerprint density at radius 2 is 0.844 bits per heavy atom. The fraction of sp³-hybridized carbons (Fsp3) is 0.773. The van der Waals surface area contributed by atoms with E-state index in [0.29, 0.717) is 98.0 Å². The Kier molecular flexibility index (Phi) is 32.8. The van der Waals surface area contributed by atoms with Crippen molar-refractivity contribution in [3.8, 4) is 0 Å². The number of hydrogen-bond acceptors (Lipinski definition) is 29. The molecule has 6 aliphatic heterocycles. The number of carbonyl (C=O) groups excluding carboxylic acids is 6. The highest BCUT2D eigenvalue weighted by Gasteiger charge is 2.51. The number of amidine groups is 2. The Labute approximate surface area is 636 Å². The molecule has 9 heterocycles. The number of carbonyl (C=O) groups is 6. The van der Waals surface area contributed by atoms with Gasteiger partial charge < -0.3 is 56.9 Å². The topological polar surface area (TPSA) is 516 Å². The minimum Gasteiger partial charge on any atom is -0.724 e. The van der Waals surface area contributed by atoms with Crippen LogP contribution in [0.4, 0.5) is 28.8 Å². The van der Waals surface area contributed by atoms with Gasteiger partial charge in [-0.1, -0.05) is 53.4 Å². The molecule has 9 rings (SSSR count). The molecule has 0 spiro atoms. The highest BCUT2D eigenvalue weighted by molar-refractivity contribution is 7.81. The van der Waals surface area contributed by atoms with E-state index in [-0.39, 0.29) is 74.2 Å². The zero-order chi connectivity index (χ0) is 80.8. The number of fused-ring (bicyclic) bond motifs is 6. The number of aromatic nitrogens is 6. The van der Waals surface area contributed by atoms with Crippen molar-refractivity contribution in [3.63, 3.8) is 0 Å². The molecule has 0 unspecified atom stereocenters. The van der Waals surface area contributed by atoms with Crippen LogP contribution in [0.3, 0.4) is 0 Å². The van der Waals surface area contributed by atoms with Gasteiger partial charge in [0.1, 0.15) is 46.6 Å². The van der Waals surface area contributed by atoms with Crippen molar-refractivity contribution in [1.29, 1.82) is 0 Å². The average Bonchev–Trinajstić information content (AvgIpc) is 1.62. The summed E-state index contributed by atoms with van der Waals surface area (Å²) in [5.74, 6) is 2.36.